The molecule has 0 unspecified atom stereocenters. The van der Waals surface area contributed by atoms with Crippen molar-refractivity contribution in [2.24, 2.45) is 0 Å². The fraction of sp³-hybridized carbons (Fsp3) is 0.370. The predicted molar refractivity (Wildman–Crippen MR) is 146 cm³/mol. The molecule has 1 fully saturated rings. The average Bonchev–Trinajstić information content (AvgIpc) is 2.89. The summed E-state index contributed by atoms with van der Waals surface area (Å²) >= 11 is 6.19. The molecule has 1 aliphatic heterocycles. The van der Waals surface area contributed by atoms with Crippen molar-refractivity contribution in [1.29, 1.82) is 0 Å². The van der Waals surface area contributed by atoms with E-state index in [1.165, 1.54) is 6.07 Å². The van der Waals surface area contributed by atoms with Gasteiger partial charge in [0.15, 0.2) is 0 Å². The molecule has 0 amide bonds. The van der Waals surface area contributed by atoms with Crippen LogP contribution in [0.15, 0.2) is 65.7 Å². The van der Waals surface area contributed by atoms with E-state index in [2.05, 4.69) is 33.8 Å². The second-order valence-electron chi connectivity index (χ2n) is 9.30. The van der Waals surface area contributed by atoms with Gasteiger partial charge in [-0.05, 0) is 93.9 Å². The van der Waals surface area contributed by atoms with Crippen LogP contribution in [0.3, 0.4) is 0 Å². The van der Waals surface area contributed by atoms with Gasteiger partial charge in [-0.15, -0.1) is 0 Å². The van der Waals surface area contributed by atoms with E-state index < -0.39 is 10.0 Å². The molecule has 0 saturated carbocycles. The number of sulfonamides is 1. The first-order chi connectivity index (χ1) is 17.7. The zero-order valence-electron chi connectivity index (χ0n) is 21.3. The number of benzene rings is 2. The van der Waals surface area contributed by atoms with Crippen molar-refractivity contribution < 1.29 is 17.9 Å². The van der Waals surface area contributed by atoms with Gasteiger partial charge < -0.3 is 19.7 Å². The molecule has 0 bridgehead atoms. The van der Waals surface area contributed by atoms with Crippen molar-refractivity contribution in [3.63, 3.8) is 0 Å². The number of rotatable bonds is 10. The molecular weight excluding hydrogens is 512 g/mol. The third kappa shape index (κ3) is 7.35. The zero-order chi connectivity index (χ0) is 26.4. The van der Waals surface area contributed by atoms with E-state index in [-0.39, 0.29) is 10.9 Å². The molecular formula is C27H33ClN4O4S. The molecule has 2 aromatic carbocycles. The highest BCUT2D eigenvalue weighted by molar-refractivity contribution is 7.89. The van der Waals surface area contributed by atoms with Crippen LogP contribution in [-0.4, -0.2) is 50.6 Å². The Kier molecular flexibility index (Phi) is 8.91. The molecule has 0 aliphatic carbocycles. The second-order valence-corrected chi connectivity index (χ2v) is 11.4. The van der Waals surface area contributed by atoms with E-state index in [1.807, 2.05) is 24.3 Å². The van der Waals surface area contributed by atoms with Crippen molar-refractivity contribution in [3.05, 3.63) is 71.4 Å². The van der Waals surface area contributed by atoms with Gasteiger partial charge in [-0.1, -0.05) is 11.6 Å². The normalized spacial score (nSPS) is 15.1. The van der Waals surface area contributed by atoms with Gasteiger partial charge >= 0.3 is 0 Å². The first-order valence-electron chi connectivity index (χ1n) is 12.3. The van der Waals surface area contributed by atoms with Crippen molar-refractivity contribution >= 4 is 27.3 Å². The monoisotopic (exact) mass is 544 g/mol. The number of piperidine rings is 1. The van der Waals surface area contributed by atoms with Crippen LogP contribution in [-0.2, 0) is 16.6 Å². The summed E-state index contributed by atoms with van der Waals surface area (Å²) in [6, 6.07) is 16.1. The van der Waals surface area contributed by atoms with Gasteiger partial charge in [-0.3, -0.25) is 0 Å². The highest BCUT2D eigenvalue weighted by atomic mass is 35.5. The Labute approximate surface area is 224 Å². The summed E-state index contributed by atoms with van der Waals surface area (Å²) in [5.74, 6) is 1.81. The summed E-state index contributed by atoms with van der Waals surface area (Å²) in [6.07, 6.45) is 3.20. The molecule has 2 heterocycles. The maximum atomic E-state index is 13.3. The number of methoxy groups -OCH3 is 1. The molecule has 198 valence electrons. The zero-order valence-corrected chi connectivity index (χ0v) is 22.8. The summed E-state index contributed by atoms with van der Waals surface area (Å²) in [6.45, 7) is 6.43. The van der Waals surface area contributed by atoms with Crippen LogP contribution in [0.4, 0.5) is 5.69 Å². The summed E-state index contributed by atoms with van der Waals surface area (Å²) in [5.41, 5.74) is 1.36. The van der Waals surface area contributed by atoms with Crippen molar-refractivity contribution in [1.82, 2.24) is 14.6 Å². The smallest absolute Gasteiger partial charge is 0.242 e. The maximum absolute atomic E-state index is 13.3. The van der Waals surface area contributed by atoms with E-state index in [0.29, 0.717) is 34.9 Å². The van der Waals surface area contributed by atoms with Gasteiger partial charge in [0.05, 0.1) is 12.8 Å². The number of nitrogens with zero attached hydrogens (tertiary/aromatic N) is 2. The Morgan fingerprint density at radius 3 is 2.43 bits per heavy atom. The SMILES string of the molecule is COc1ccc(Oc2cc(CNc3ccc(Cl)cc3S(=O)(=O)NC3CCN(C(C)C)CC3)ccn2)cc1. The molecule has 3 aromatic rings. The summed E-state index contributed by atoms with van der Waals surface area (Å²) < 4.78 is 40.6. The number of ether oxygens (including phenoxy) is 2. The molecule has 1 aromatic heterocycles. The quantitative estimate of drug-likeness (QED) is 0.358. The molecule has 37 heavy (non-hydrogen) atoms. The van der Waals surface area contributed by atoms with Gasteiger partial charge in [-0.2, -0.15) is 0 Å². The average molecular weight is 545 g/mol. The van der Waals surface area contributed by atoms with E-state index >= 15 is 0 Å². The number of anilines is 1. The molecule has 0 radical (unpaired) electrons. The lowest BCUT2D eigenvalue weighted by Gasteiger charge is -2.34. The van der Waals surface area contributed by atoms with Crippen LogP contribution in [0.25, 0.3) is 0 Å². The number of aromatic nitrogens is 1. The highest BCUT2D eigenvalue weighted by Crippen LogP contribution is 2.28. The lowest BCUT2D eigenvalue weighted by molar-refractivity contribution is 0.168. The molecule has 0 atom stereocenters. The van der Waals surface area contributed by atoms with Gasteiger partial charge in [0.2, 0.25) is 15.9 Å². The van der Waals surface area contributed by atoms with Crippen molar-refractivity contribution in [3.8, 4) is 17.4 Å². The number of halogens is 1. The topological polar surface area (TPSA) is 92.8 Å². The van der Waals surface area contributed by atoms with E-state index in [9.17, 15) is 8.42 Å². The number of nitrogens with one attached hydrogen (secondary N) is 2. The largest absolute Gasteiger partial charge is 0.497 e. The maximum Gasteiger partial charge on any atom is 0.242 e. The lowest BCUT2D eigenvalue weighted by Crippen LogP contribution is -2.46. The standard InChI is InChI=1S/C27H33ClN4O4S/c1-19(2)32-14-11-22(12-15-32)31-37(33,34)26-17-21(28)4-9-25(26)30-18-20-10-13-29-27(16-20)36-24-7-5-23(35-3)6-8-24/h4-10,13,16-17,19,22,30-31H,11-12,14-15,18H2,1-3H3. The summed E-state index contributed by atoms with van der Waals surface area (Å²) in [7, 11) is -2.16. The molecule has 2 N–H and O–H groups in total. The van der Waals surface area contributed by atoms with E-state index in [4.69, 9.17) is 21.1 Å². The van der Waals surface area contributed by atoms with Crippen LogP contribution in [0.1, 0.15) is 32.3 Å². The van der Waals surface area contributed by atoms with Gasteiger partial charge in [0.1, 0.15) is 16.4 Å². The van der Waals surface area contributed by atoms with Crippen LogP contribution in [0.5, 0.6) is 17.4 Å². The number of pyridine rings is 1. The van der Waals surface area contributed by atoms with Crippen LogP contribution in [0.2, 0.25) is 5.02 Å². The number of hydrogen-bond acceptors (Lipinski definition) is 7. The van der Waals surface area contributed by atoms with Crippen LogP contribution >= 0.6 is 11.6 Å². The molecule has 0 spiro atoms. The minimum Gasteiger partial charge on any atom is -0.497 e. The van der Waals surface area contributed by atoms with Crippen LogP contribution < -0.4 is 19.5 Å². The van der Waals surface area contributed by atoms with Gasteiger partial charge in [-0.25, -0.2) is 18.1 Å². The predicted octanol–water partition coefficient (Wildman–Crippen LogP) is 5.30. The van der Waals surface area contributed by atoms with Gasteiger partial charge in [0, 0.05) is 35.9 Å². The second kappa shape index (κ2) is 12.1. The minimum atomic E-state index is -3.77. The van der Waals surface area contributed by atoms with E-state index in [1.54, 1.807) is 37.6 Å². The summed E-state index contributed by atoms with van der Waals surface area (Å²) in [4.78, 5) is 6.77. The third-order valence-electron chi connectivity index (χ3n) is 6.38. The fourth-order valence-corrected chi connectivity index (χ4v) is 6.01. The lowest BCUT2D eigenvalue weighted by atomic mass is 10.1. The number of likely N-dealkylation sites (tertiary alicyclic amines) is 1. The highest BCUT2D eigenvalue weighted by Gasteiger charge is 2.27. The van der Waals surface area contributed by atoms with Crippen LogP contribution in [0, 0.1) is 0 Å². The Balaban J connectivity index is 1.43. The Bertz CT molecular complexity index is 1290. The Morgan fingerprint density at radius 1 is 1.05 bits per heavy atom. The molecule has 10 heteroatoms. The van der Waals surface area contributed by atoms with E-state index in [0.717, 1.165) is 37.2 Å². The third-order valence-corrected chi connectivity index (χ3v) is 8.17. The Hall–Kier alpha value is -2.85. The molecule has 1 aliphatic rings. The van der Waals surface area contributed by atoms with Crippen molar-refractivity contribution in [2.75, 3.05) is 25.5 Å². The fourth-order valence-electron chi connectivity index (χ4n) is 4.26. The molecule has 4 rings (SSSR count). The number of hydrogen-bond donors (Lipinski definition) is 2. The minimum absolute atomic E-state index is 0.107. The molecule has 1 saturated heterocycles. The first-order valence-corrected chi connectivity index (χ1v) is 14.2. The first kappa shape index (κ1) is 27.2. The van der Waals surface area contributed by atoms with Crippen molar-refractivity contribution in [2.45, 2.75) is 50.2 Å². The molecule has 8 nitrogen and oxygen atoms in total. The Morgan fingerprint density at radius 2 is 1.76 bits per heavy atom. The van der Waals surface area contributed by atoms with Gasteiger partial charge in [0.25, 0.3) is 0 Å². The summed E-state index contributed by atoms with van der Waals surface area (Å²) in [5, 5.41) is 3.60.